The van der Waals surface area contributed by atoms with Gasteiger partial charge in [-0.3, -0.25) is 0 Å². The van der Waals surface area contributed by atoms with E-state index in [-0.39, 0.29) is 0 Å². The van der Waals surface area contributed by atoms with E-state index in [1.165, 1.54) is 38.5 Å². The SMILES string of the molecule is COc1c(Cl)cc(CNC23CC4CC(CC(C4)C2)C3)cc1Cl. The van der Waals surface area contributed by atoms with Gasteiger partial charge in [-0.2, -0.15) is 0 Å². The van der Waals surface area contributed by atoms with E-state index in [0.717, 1.165) is 29.9 Å². The van der Waals surface area contributed by atoms with Gasteiger partial charge in [-0.15, -0.1) is 0 Å². The molecule has 4 saturated carbocycles. The van der Waals surface area contributed by atoms with Gasteiger partial charge < -0.3 is 10.1 Å². The molecule has 0 atom stereocenters. The fourth-order valence-corrected chi connectivity index (χ4v) is 6.21. The van der Waals surface area contributed by atoms with Crippen LogP contribution in [0.15, 0.2) is 12.1 Å². The van der Waals surface area contributed by atoms with Crippen molar-refractivity contribution in [3.05, 3.63) is 27.7 Å². The molecule has 4 aliphatic rings. The lowest BCUT2D eigenvalue weighted by atomic mass is 9.53. The standard InChI is InChI=1S/C18H23Cl2NO/c1-22-17-15(19)5-14(6-16(17)20)10-21-18-7-11-2-12(8-18)4-13(3-11)9-18/h5-6,11-13,21H,2-4,7-10H2,1H3. The number of halogens is 2. The predicted octanol–water partition coefficient (Wildman–Crippen LogP) is 5.06. The van der Waals surface area contributed by atoms with Crippen LogP contribution in [0.3, 0.4) is 0 Å². The first-order valence-electron chi connectivity index (χ1n) is 8.34. The molecule has 4 fully saturated rings. The number of benzene rings is 1. The van der Waals surface area contributed by atoms with Gasteiger partial charge in [0, 0.05) is 12.1 Å². The van der Waals surface area contributed by atoms with Crippen LogP contribution < -0.4 is 10.1 Å². The quantitative estimate of drug-likeness (QED) is 0.827. The molecule has 2 nitrogen and oxygen atoms in total. The van der Waals surface area contributed by atoms with Crippen LogP contribution in [0, 0.1) is 17.8 Å². The molecule has 0 radical (unpaired) electrons. The number of methoxy groups -OCH3 is 1. The van der Waals surface area contributed by atoms with Gasteiger partial charge >= 0.3 is 0 Å². The van der Waals surface area contributed by atoms with E-state index in [1.54, 1.807) is 7.11 Å². The fraction of sp³-hybridized carbons (Fsp3) is 0.667. The Kier molecular flexibility index (Phi) is 3.83. The molecule has 1 aromatic rings. The Bertz CT molecular complexity index is 528. The molecule has 0 aromatic heterocycles. The van der Waals surface area contributed by atoms with E-state index in [9.17, 15) is 0 Å². The van der Waals surface area contributed by atoms with Gasteiger partial charge in [-0.1, -0.05) is 23.2 Å². The fourth-order valence-electron chi connectivity index (χ4n) is 5.53. The molecule has 1 N–H and O–H groups in total. The minimum Gasteiger partial charge on any atom is -0.494 e. The summed E-state index contributed by atoms with van der Waals surface area (Å²) >= 11 is 12.5. The molecule has 0 aliphatic heterocycles. The summed E-state index contributed by atoms with van der Waals surface area (Å²) in [5.41, 5.74) is 1.51. The predicted molar refractivity (Wildman–Crippen MR) is 90.8 cm³/mol. The summed E-state index contributed by atoms with van der Waals surface area (Å²) in [7, 11) is 1.60. The van der Waals surface area contributed by atoms with Crippen molar-refractivity contribution in [2.45, 2.75) is 50.6 Å². The molecule has 0 amide bonds. The first-order chi connectivity index (χ1) is 10.6. The van der Waals surface area contributed by atoms with Crippen LogP contribution in [0.25, 0.3) is 0 Å². The van der Waals surface area contributed by atoms with Crippen LogP contribution >= 0.6 is 23.2 Å². The summed E-state index contributed by atoms with van der Waals surface area (Å²) < 4.78 is 5.22. The Hall–Kier alpha value is -0.440. The molecule has 0 saturated heterocycles. The summed E-state index contributed by atoms with van der Waals surface area (Å²) in [6, 6.07) is 3.94. The average Bonchev–Trinajstić information content (AvgIpc) is 2.43. The first kappa shape index (κ1) is 15.1. The lowest BCUT2D eigenvalue weighted by Crippen LogP contribution is -2.58. The normalized spacial score (nSPS) is 35.9. The topological polar surface area (TPSA) is 21.3 Å². The second-order valence-corrected chi connectivity index (χ2v) is 8.46. The van der Waals surface area contributed by atoms with Gasteiger partial charge in [0.25, 0.3) is 0 Å². The monoisotopic (exact) mass is 339 g/mol. The summed E-state index contributed by atoms with van der Waals surface area (Å²) in [5.74, 6) is 3.45. The molecule has 0 unspecified atom stereocenters. The van der Waals surface area contributed by atoms with Crippen LogP contribution in [-0.4, -0.2) is 12.6 Å². The molecule has 4 bridgehead atoms. The van der Waals surface area contributed by atoms with Gasteiger partial charge in [0.15, 0.2) is 5.75 Å². The highest BCUT2D eigenvalue weighted by Crippen LogP contribution is 2.55. The van der Waals surface area contributed by atoms with Gasteiger partial charge in [-0.25, -0.2) is 0 Å². The van der Waals surface area contributed by atoms with Gasteiger partial charge in [0.1, 0.15) is 0 Å². The molecule has 5 rings (SSSR count). The van der Waals surface area contributed by atoms with E-state index in [1.807, 2.05) is 12.1 Å². The summed E-state index contributed by atoms with van der Waals surface area (Å²) in [5, 5.41) is 5.07. The van der Waals surface area contributed by atoms with Crippen molar-refractivity contribution in [1.29, 1.82) is 0 Å². The number of rotatable bonds is 4. The van der Waals surface area contributed by atoms with E-state index >= 15 is 0 Å². The second-order valence-electron chi connectivity index (χ2n) is 7.64. The van der Waals surface area contributed by atoms with Crippen molar-refractivity contribution in [1.82, 2.24) is 5.32 Å². The van der Waals surface area contributed by atoms with E-state index in [2.05, 4.69) is 5.32 Å². The molecule has 1 aromatic carbocycles. The van der Waals surface area contributed by atoms with Crippen molar-refractivity contribution in [3.63, 3.8) is 0 Å². The van der Waals surface area contributed by atoms with Crippen LogP contribution in [0.1, 0.15) is 44.1 Å². The number of hydrogen-bond donors (Lipinski definition) is 1. The molecule has 0 spiro atoms. The zero-order valence-electron chi connectivity index (χ0n) is 13.0. The third-order valence-corrected chi connectivity index (χ3v) is 6.53. The summed E-state index contributed by atoms with van der Waals surface area (Å²) in [6.07, 6.45) is 8.49. The van der Waals surface area contributed by atoms with E-state index in [0.29, 0.717) is 21.3 Å². The molecule has 4 heteroatoms. The lowest BCUT2D eigenvalue weighted by molar-refractivity contribution is -0.0206. The van der Waals surface area contributed by atoms with Crippen molar-refractivity contribution in [2.24, 2.45) is 17.8 Å². The molecular weight excluding hydrogens is 317 g/mol. The van der Waals surface area contributed by atoms with Crippen LogP contribution in [0.2, 0.25) is 10.0 Å². The van der Waals surface area contributed by atoms with Crippen molar-refractivity contribution < 1.29 is 4.74 Å². The minimum atomic E-state index is 0.369. The van der Waals surface area contributed by atoms with Gasteiger partial charge in [-0.05, 0) is 74.0 Å². The van der Waals surface area contributed by atoms with Gasteiger partial charge in [0.05, 0.1) is 17.2 Å². The van der Waals surface area contributed by atoms with E-state index < -0.39 is 0 Å². The maximum atomic E-state index is 6.25. The minimum absolute atomic E-state index is 0.369. The van der Waals surface area contributed by atoms with Crippen LogP contribution in [-0.2, 0) is 6.54 Å². The Labute approximate surface area is 142 Å². The van der Waals surface area contributed by atoms with Crippen molar-refractivity contribution >= 4 is 23.2 Å². The highest BCUT2D eigenvalue weighted by molar-refractivity contribution is 6.37. The zero-order chi connectivity index (χ0) is 15.3. The summed E-state index contributed by atoms with van der Waals surface area (Å²) in [6.45, 7) is 0.843. The van der Waals surface area contributed by atoms with Crippen LogP contribution in [0.4, 0.5) is 0 Å². The lowest BCUT2D eigenvalue weighted by Gasteiger charge is -2.57. The third kappa shape index (κ3) is 2.64. The molecule has 4 aliphatic carbocycles. The summed E-state index contributed by atoms with van der Waals surface area (Å²) in [4.78, 5) is 0. The van der Waals surface area contributed by atoms with E-state index in [4.69, 9.17) is 27.9 Å². The number of hydrogen-bond acceptors (Lipinski definition) is 2. The molecule has 120 valence electrons. The maximum Gasteiger partial charge on any atom is 0.156 e. The Morgan fingerprint density at radius 1 is 1.05 bits per heavy atom. The maximum absolute atomic E-state index is 6.25. The highest BCUT2D eigenvalue weighted by atomic mass is 35.5. The molecular formula is C18H23Cl2NO. The largest absolute Gasteiger partial charge is 0.494 e. The van der Waals surface area contributed by atoms with Crippen molar-refractivity contribution in [2.75, 3.05) is 7.11 Å². The Balaban J connectivity index is 1.49. The van der Waals surface area contributed by atoms with Crippen molar-refractivity contribution in [3.8, 4) is 5.75 Å². The smallest absolute Gasteiger partial charge is 0.156 e. The number of nitrogens with one attached hydrogen (secondary N) is 1. The Morgan fingerprint density at radius 3 is 2.00 bits per heavy atom. The second kappa shape index (κ2) is 5.58. The molecule has 0 heterocycles. The molecule has 22 heavy (non-hydrogen) atoms. The zero-order valence-corrected chi connectivity index (χ0v) is 14.5. The highest BCUT2D eigenvalue weighted by Gasteiger charge is 2.50. The average molecular weight is 340 g/mol. The third-order valence-electron chi connectivity index (χ3n) is 5.97. The van der Waals surface area contributed by atoms with Gasteiger partial charge in [0.2, 0.25) is 0 Å². The van der Waals surface area contributed by atoms with Crippen LogP contribution in [0.5, 0.6) is 5.75 Å². The first-order valence-corrected chi connectivity index (χ1v) is 9.09. The Morgan fingerprint density at radius 2 is 1.55 bits per heavy atom. The number of ether oxygens (including phenoxy) is 1.